The molecule has 0 unspecified atom stereocenters. The van der Waals surface area contributed by atoms with Crippen LogP contribution in [0.3, 0.4) is 0 Å². The summed E-state index contributed by atoms with van der Waals surface area (Å²) in [7, 11) is 0. The Bertz CT molecular complexity index is 558. The smallest absolute Gasteiger partial charge is 0.267 e. The molecular weight excluding hydrogens is 272 g/mol. The molecule has 0 heterocycles. The number of hydrogen-bond acceptors (Lipinski definition) is 2. The second kappa shape index (κ2) is 5.89. The fourth-order valence-corrected chi connectivity index (χ4v) is 1.74. The van der Waals surface area contributed by atoms with Crippen molar-refractivity contribution in [1.82, 2.24) is 0 Å². The summed E-state index contributed by atoms with van der Waals surface area (Å²) in [6.45, 7) is 0.195. The lowest BCUT2D eigenvalue weighted by Gasteiger charge is -2.11. The number of ether oxygens (including phenoxy) is 1. The van der Waals surface area contributed by atoms with Gasteiger partial charge in [0.2, 0.25) is 0 Å². The summed E-state index contributed by atoms with van der Waals surface area (Å²) in [4.78, 5) is 0. The summed E-state index contributed by atoms with van der Waals surface area (Å²) in [6, 6.07) is 11.2. The number of halogens is 3. The fraction of sp³-hybridized carbons (Fsp3) is 0.143. The van der Waals surface area contributed by atoms with Gasteiger partial charge >= 0.3 is 0 Å². The van der Waals surface area contributed by atoms with Gasteiger partial charge in [0.15, 0.2) is 0 Å². The maximum absolute atomic E-state index is 12.8. The first kappa shape index (κ1) is 13.6. The largest absolute Gasteiger partial charge is 0.488 e. The molecule has 5 heteroatoms. The molecule has 2 aromatic rings. The average molecular weight is 284 g/mol. The van der Waals surface area contributed by atoms with Crippen LogP contribution in [0.2, 0.25) is 5.02 Å². The number of hydrogen-bond donors (Lipinski definition) is 1. The van der Waals surface area contributed by atoms with Crippen LogP contribution in [0, 0.1) is 0 Å². The molecule has 100 valence electrons. The van der Waals surface area contributed by atoms with Gasteiger partial charge in [0.05, 0.1) is 5.56 Å². The number of nitrogen functional groups attached to an aromatic ring is 1. The second-order valence-electron chi connectivity index (χ2n) is 4.01. The van der Waals surface area contributed by atoms with Crippen LogP contribution in [0.5, 0.6) is 5.75 Å². The quantitative estimate of drug-likeness (QED) is 0.842. The van der Waals surface area contributed by atoms with Crippen molar-refractivity contribution in [2.24, 2.45) is 0 Å². The van der Waals surface area contributed by atoms with Crippen molar-refractivity contribution in [3.05, 3.63) is 58.6 Å². The lowest BCUT2D eigenvalue weighted by atomic mass is 10.2. The van der Waals surface area contributed by atoms with Crippen molar-refractivity contribution >= 4 is 17.3 Å². The van der Waals surface area contributed by atoms with E-state index in [2.05, 4.69) is 0 Å². The summed E-state index contributed by atoms with van der Waals surface area (Å²) < 4.78 is 31.1. The minimum atomic E-state index is -2.62. The Hall–Kier alpha value is -1.81. The van der Waals surface area contributed by atoms with Gasteiger partial charge in [-0.2, -0.15) is 0 Å². The summed E-state index contributed by atoms with van der Waals surface area (Å²) >= 11 is 5.76. The number of nitrogens with two attached hydrogens (primary N) is 1. The van der Waals surface area contributed by atoms with E-state index in [1.54, 1.807) is 24.3 Å². The summed E-state index contributed by atoms with van der Waals surface area (Å²) in [6.07, 6.45) is -2.62. The fourth-order valence-electron chi connectivity index (χ4n) is 1.61. The summed E-state index contributed by atoms with van der Waals surface area (Å²) in [5.74, 6) is 0.138. The highest BCUT2D eigenvalue weighted by Gasteiger charge is 2.14. The van der Waals surface area contributed by atoms with Gasteiger partial charge in [-0.05, 0) is 35.9 Å². The van der Waals surface area contributed by atoms with Crippen molar-refractivity contribution in [3.8, 4) is 5.75 Å². The lowest BCUT2D eigenvalue weighted by molar-refractivity contribution is 0.144. The van der Waals surface area contributed by atoms with Crippen LogP contribution in [0.15, 0.2) is 42.5 Å². The molecule has 2 N–H and O–H groups in total. The standard InChI is InChI=1S/C14H12ClF2NO/c15-10-3-1-9(2-4-10)8-19-13-6-5-11(18)7-12(13)14(16)17/h1-7,14H,8,18H2. The van der Waals surface area contributed by atoms with Crippen LogP contribution in [-0.4, -0.2) is 0 Å². The first-order chi connectivity index (χ1) is 9.06. The molecule has 0 spiro atoms. The van der Waals surface area contributed by atoms with Crippen LogP contribution in [0.4, 0.5) is 14.5 Å². The highest BCUT2D eigenvalue weighted by molar-refractivity contribution is 6.30. The Labute approximate surface area is 114 Å². The minimum Gasteiger partial charge on any atom is -0.488 e. The molecule has 0 bridgehead atoms. The summed E-state index contributed by atoms with van der Waals surface area (Å²) in [5.41, 5.74) is 6.42. The van der Waals surface area contributed by atoms with Crippen LogP contribution in [0.25, 0.3) is 0 Å². The topological polar surface area (TPSA) is 35.2 Å². The first-order valence-electron chi connectivity index (χ1n) is 5.61. The number of alkyl halides is 2. The zero-order valence-corrected chi connectivity index (χ0v) is 10.7. The molecule has 2 nitrogen and oxygen atoms in total. The normalized spacial score (nSPS) is 10.7. The van der Waals surface area contributed by atoms with Crippen molar-refractivity contribution in [1.29, 1.82) is 0 Å². The van der Waals surface area contributed by atoms with Crippen LogP contribution in [0.1, 0.15) is 17.6 Å². The van der Waals surface area contributed by atoms with Crippen molar-refractivity contribution in [2.45, 2.75) is 13.0 Å². The highest BCUT2D eigenvalue weighted by Crippen LogP contribution is 2.31. The maximum atomic E-state index is 12.8. The predicted molar refractivity (Wildman–Crippen MR) is 71.6 cm³/mol. The molecule has 19 heavy (non-hydrogen) atoms. The second-order valence-corrected chi connectivity index (χ2v) is 4.45. The van der Waals surface area contributed by atoms with E-state index in [0.29, 0.717) is 5.02 Å². The zero-order valence-electron chi connectivity index (χ0n) is 9.95. The van der Waals surface area contributed by atoms with Gasteiger partial charge in [-0.15, -0.1) is 0 Å². The monoisotopic (exact) mass is 283 g/mol. The van der Waals surface area contributed by atoms with E-state index < -0.39 is 6.43 Å². The molecule has 0 radical (unpaired) electrons. The number of anilines is 1. The molecule has 0 saturated heterocycles. The third kappa shape index (κ3) is 3.58. The lowest BCUT2D eigenvalue weighted by Crippen LogP contribution is -2.00. The van der Waals surface area contributed by atoms with E-state index in [0.717, 1.165) is 5.56 Å². The molecule has 0 fully saturated rings. The van der Waals surface area contributed by atoms with Crippen LogP contribution < -0.4 is 10.5 Å². The summed E-state index contributed by atoms with van der Waals surface area (Å²) in [5, 5.41) is 0.615. The van der Waals surface area contributed by atoms with E-state index in [1.807, 2.05) is 0 Å². The minimum absolute atomic E-state index is 0.138. The maximum Gasteiger partial charge on any atom is 0.267 e. The van der Waals surface area contributed by atoms with Gasteiger partial charge in [-0.1, -0.05) is 23.7 Å². The molecule has 2 rings (SSSR count). The van der Waals surface area contributed by atoms with Gasteiger partial charge in [0.25, 0.3) is 6.43 Å². The van der Waals surface area contributed by atoms with Crippen LogP contribution >= 0.6 is 11.6 Å². The average Bonchev–Trinajstić information content (AvgIpc) is 2.39. The third-order valence-electron chi connectivity index (χ3n) is 2.58. The van der Waals surface area contributed by atoms with Gasteiger partial charge in [-0.3, -0.25) is 0 Å². The Kier molecular flexibility index (Phi) is 4.22. The van der Waals surface area contributed by atoms with Crippen LogP contribution in [-0.2, 0) is 6.61 Å². The van der Waals surface area contributed by atoms with E-state index in [-0.39, 0.29) is 23.6 Å². The number of benzene rings is 2. The van der Waals surface area contributed by atoms with E-state index in [1.165, 1.54) is 18.2 Å². The third-order valence-corrected chi connectivity index (χ3v) is 2.83. The number of rotatable bonds is 4. The molecular formula is C14H12ClF2NO. The van der Waals surface area contributed by atoms with Crippen molar-refractivity contribution < 1.29 is 13.5 Å². The highest BCUT2D eigenvalue weighted by atomic mass is 35.5. The molecule has 0 amide bonds. The Balaban J connectivity index is 2.13. The van der Waals surface area contributed by atoms with E-state index in [4.69, 9.17) is 22.1 Å². The molecule has 0 aromatic heterocycles. The molecule has 0 aliphatic carbocycles. The molecule has 0 atom stereocenters. The molecule has 0 aliphatic heterocycles. The SMILES string of the molecule is Nc1ccc(OCc2ccc(Cl)cc2)c(C(F)F)c1. The predicted octanol–water partition coefficient (Wildman–Crippen LogP) is 4.44. The van der Waals surface area contributed by atoms with Crippen molar-refractivity contribution in [3.63, 3.8) is 0 Å². The van der Waals surface area contributed by atoms with Gasteiger partial charge < -0.3 is 10.5 Å². The molecule has 0 saturated carbocycles. The van der Waals surface area contributed by atoms with Crippen molar-refractivity contribution in [2.75, 3.05) is 5.73 Å². The Morgan fingerprint density at radius 2 is 1.79 bits per heavy atom. The van der Waals surface area contributed by atoms with Gasteiger partial charge in [-0.25, -0.2) is 8.78 Å². The zero-order chi connectivity index (χ0) is 13.8. The van der Waals surface area contributed by atoms with Gasteiger partial charge in [0, 0.05) is 10.7 Å². The van der Waals surface area contributed by atoms with E-state index in [9.17, 15) is 8.78 Å². The molecule has 0 aliphatic rings. The first-order valence-corrected chi connectivity index (χ1v) is 5.99. The van der Waals surface area contributed by atoms with E-state index >= 15 is 0 Å². The Morgan fingerprint density at radius 1 is 1.11 bits per heavy atom. The Morgan fingerprint density at radius 3 is 2.42 bits per heavy atom. The van der Waals surface area contributed by atoms with Gasteiger partial charge in [0.1, 0.15) is 12.4 Å². The molecule has 2 aromatic carbocycles.